The fourth-order valence-corrected chi connectivity index (χ4v) is 2.67. The molecule has 0 spiro atoms. The summed E-state index contributed by atoms with van der Waals surface area (Å²) in [6.07, 6.45) is 0.321. The van der Waals surface area contributed by atoms with E-state index >= 15 is 0 Å². The molecule has 1 atom stereocenters. The van der Waals surface area contributed by atoms with Crippen molar-refractivity contribution >= 4 is 38.7 Å². The molecule has 1 aromatic heterocycles. The van der Waals surface area contributed by atoms with Crippen molar-refractivity contribution in [2.45, 2.75) is 26.3 Å². The van der Waals surface area contributed by atoms with Crippen LogP contribution in [0.5, 0.6) is 0 Å². The molecule has 2 aromatic rings. The summed E-state index contributed by atoms with van der Waals surface area (Å²) < 4.78 is 0.977. The van der Waals surface area contributed by atoms with Crippen LogP contribution in [0.4, 0.5) is 9.93 Å². The van der Waals surface area contributed by atoms with E-state index in [0.29, 0.717) is 11.6 Å². The molecule has 3 N–H and O–H groups in total. The van der Waals surface area contributed by atoms with Crippen molar-refractivity contribution < 1.29 is 14.7 Å². The minimum absolute atomic E-state index is 0.321. The van der Waals surface area contributed by atoms with Gasteiger partial charge in [0.15, 0.2) is 5.13 Å². The highest BCUT2D eigenvalue weighted by Gasteiger charge is 2.18. The number of nitrogens with one attached hydrogen (secondary N) is 2. The first-order valence-corrected chi connectivity index (χ1v) is 6.98. The molecule has 0 radical (unpaired) electrons. The van der Waals surface area contributed by atoms with E-state index in [0.717, 1.165) is 15.8 Å². The molecule has 0 aliphatic rings. The SMILES string of the molecule is CC[C@@H](NC(=O)Nc1nc2ccc(C)cc2s1)C(=O)O. The number of rotatable bonds is 4. The lowest BCUT2D eigenvalue weighted by molar-refractivity contribution is -0.139. The smallest absolute Gasteiger partial charge is 0.326 e. The quantitative estimate of drug-likeness (QED) is 0.808. The number of carboxylic acids is 1. The number of hydrogen-bond donors (Lipinski definition) is 3. The van der Waals surface area contributed by atoms with Crippen molar-refractivity contribution in [3.05, 3.63) is 23.8 Å². The molecule has 6 nitrogen and oxygen atoms in total. The molecule has 2 rings (SSSR count). The van der Waals surface area contributed by atoms with E-state index in [2.05, 4.69) is 15.6 Å². The van der Waals surface area contributed by atoms with Crippen LogP contribution in [-0.4, -0.2) is 28.1 Å². The van der Waals surface area contributed by atoms with E-state index in [1.54, 1.807) is 6.92 Å². The molecular weight excluding hydrogens is 278 g/mol. The number of anilines is 1. The first-order valence-electron chi connectivity index (χ1n) is 6.17. The van der Waals surface area contributed by atoms with Gasteiger partial charge in [0.1, 0.15) is 6.04 Å². The van der Waals surface area contributed by atoms with Crippen LogP contribution in [0.25, 0.3) is 10.2 Å². The monoisotopic (exact) mass is 293 g/mol. The standard InChI is InChI=1S/C13H15N3O3S/c1-3-8(11(17)18)14-12(19)16-13-15-9-5-4-7(2)6-10(9)20-13/h4-6,8H,3H2,1-2H3,(H,17,18)(H2,14,15,16,19)/t8-/m1/s1. The highest BCUT2D eigenvalue weighted by Crippen LogP contribution is 2.26. The summed E-state index contributed by atoms with van der Waals surface area (Å²) in [5.41, 5.74) is 1.93. The Kier molecular flexibility index (Phi) is 4.19. The predicted octanol–water partition coefficient (Wildman–Crippen LogP) is 2.59. The van der Waals surface area contributed by atoms with Gasteiger partial charge in [-0.1, -0.05) is 24.3 Å². The Balaban J connectivity index is 2.08. The Morgan fingerprint density at radius 1 is 1.45 bits per heavy atom. The molecule has 106 valence electrons. The second kappa shape index (κ2) is 5.87. The summed E-state index contributed by atoms with van der Waals surface area (Å²) in [6.45, 7) is 3.68. The minimum atomic E-state index is -1.05. The highest BCUT2D eigenvalue weighted by molar-refractivity contribution is 7.22. The normalized spacial score (nSPS) is 12.1. The second-order valence-electron chi connectivity index (χ2n) is 4.39. The van der Waals surface area contributed by atoms with Crippen LogP contribution in [0.2, 0.25) is 0 Å². The summed E-state index contributed by atoms with van der Waals surface area (Å²) >= 11 is 1.35. The predicted molar refractivity (Wildman–Crippen MR) is 78.2 cm³/mol. The molecule has 2 amide bonds. The number of amides is 2. The van der Waals surface area contributed by atoms with Crippen molar-refractivity contribution in [3.8, 4) is 0 Å². The van der Waals surface area contributed by atoms with Gasteiger partial charge in [0.05, 0.1) is 10.2 Å². The number of aliphatic carboxylic acids is 1. The average Bonchev–Trinajstić information content (AvgIpc) is 2.76. The third kappa shape index (κ3) is 3.24. The summed E-state index contributed by atoms with van der Waals surface area (Å²) in [5.74, 6) is -1.05. The lowest BCUT2D eigenvalue weighted by atomic mass is 10.2. The van der Waals surface area contributed by atoms with Crippen LogP contribution >= 0.6 is 11.3 Å². The summed E-state index contributed by atoms with van der Waals surface area (Å²) in [7, 11) is 0. The molecule has 0 aliphatic carbocycles. The van der Waals surface area contributed by atoms with Gasteiger partial charge in [-0.15, -0.1) is 0 Å². The Morgan fingerprint density at radius 2 is 2.20 bits per heavy atom. The molecular formula is C13H15N3O3S. The van der Waals surface area contributed by atoms with Crippen LogP contribution in [0.1, 0.15) is 18.9 Å². The number of benzene rings is 1. The number of nitrogens with zero attached hydrogens (tertiary/aromatic N) is 1. The van der Waals surface area contributed by atoms with Gasteiger partial charge in [0.25, 0.3) is 0 Å². The Hall–Kier alpha value is -2.15. The zero-order valence-electron chi connectivity index (χ0n) is 11.1. The Bertz CT molecular complexity index is 653. The number of carbonyl (C=O) groups is 2. The summed E-state index contributed by atoms with van der Waals surface area (Å²) in [5, 5.41) is 14.3. The van der Waals surface area contributed by atoms with Gasteiger partial charge >= 0.3 is 12.0 Å². The van der Waals surface area contributed by atoms with Crippen LogP contribution in [0.3, 0.4) is 0 Å². The molecule has 0 aliphatic heterocycles. The van der Waals surface area contributed by atoms with Crippen molar-refractivity contribution in [2.75, 3.05) is 5.32 Å². The summed E-state index contributed by atoms with van der Waals surface area (Å²) in [4.78, 5) is 26.8. The average molecular weight is 293 g/mol. The van der Waals surface area contributed by atoms with Crippen LogP contribution < -0.4 is 10.6 Å². The van der Waals surface area contributed by atoms with Gasteiger partial charge in [-0.3, -0.25) is 5.32 Å². The van der Waals surface area contributed by atoms with Gasteiger partial charge in [0.2, 0.25) is 0 Å². The number of thiazole rings is 1. The van der Waals surface area contributed by atoms with Gasteiger partial charge in [-0.05, 0) is 31.0 Å². The zero-order chi connectivity index (χ0) is 14.7. The maximum Gasteiger partial charge on any atom is 0.326 e. The number of aromatic nitrogens is 1. The van der Waals surface area contributed by atoms with Crippen molar-refractivity contribution in [1.29, 1.82) is 0 Å². The number of fused-ring (bicyclic) bond motifs is 1. The Labute approximate surface area is 119 Å². The maximum atomic E-state index is 11.7. The number of hydrogen-bond acceptors (Lipinski definition) is 4. The van der Waals surface area contributed by atoms with Crippen LogP contribution in [0.15, 0.2) is 18.2 Å². The second-order valence-corrected chi connectivity index (χ2v) is 5.42. The lowest BCUT2D eigenvalue weighted by Gasteiger charge is -2.11. The molecule has 0 unspecified atom stereocenters. The van der Waals surface area contributed by atoms with Crippen LogP contribution in [-0.2, 0) is 4.79 Å². The van der Waals surface area contributed by atoms with E-state index in [4.69, 9.17) is 5.11 Å². The van der Waals surface area contributed by atoms with E-state index in [1.807, 2.05) is 25.1 Å². The van der Waals surface area contributed by atoms with Crippen molar-refractivity contribution in [2.24, 2.45) is 0 Å². The molecule has 1 aromatic carbocycles. The van der Waals surface area contributed by atoms with Crippen LogP contribution in [0, 0.1) is 6.92 Å². The van der Waals surface area contributed by atoms with E-state index in [1.165, 1.54) is 11.3 Å². The molecule has 0 saturated carbocycles. The summed E-state index contributed by atoms with van der Waals surface area (Å²) in [6, 6.07) is 4.36. The van der Waals surface area contributed by atoms with Crippen molar-refractivity contribution in [3.63, 3.8) is 0 Å². The largest absolute Gasteiger partial charge is 0.480 e. The maximum absolute atomic E-state index is 11.7. The first kappa shape index (κ1) is 14.3. The molecule has 7 heteroatoms. The third-order valence-electron chi connectivity index (χ3n) is 2.78. The fraction of sp³-hybridized carbons (Fsp3) is 0.308. The van der Waals surface area contributed by atoms with Gasteiger partial charge in [-0.25, -0.2) is 14.6 Å². The molecule has 0 bridgehead atoms. The Morgan fingerprint density at radius 3 is 2.85 bits per heavy atom. The topological polar surface area (TPSA) is 91.3 Å². The van der Waals surface area contributed by atoms with Gasteiger partial charge in [-0.2, -0.15) is 0 Å². The van der Waals surface area contributed by atoms with E-state index in [9.17, 15) is 9.59 Å². The number of urea groups is 1. The van der Waals surface area contributed by atoms with Crippen molar-refractivity contribution in [1.82, 2.24) is 10.3 Å². The molecule has 0 saturated heterocycles. The number of carboxylic acid groups (broad SMARTS) is 1. The highest BCUT2D eigenvalue weighted by atomic mass is 32.1. The molecule has 1 heterocycles. The molecule has 0 fully saturated rings. The lowest BCUT2D eigenvalue weighted by Crippen LogP contribution is -2.42. The zero-order valence-corrected chi connectivity index (χ0v) is 12.0. The first-order chi connectivity index (χ1) is 9.49. The fourth-order valence-electron chi connectivity index (χ4n) is 1.72. The minimum Gasteiger partial charge on any atom is -0.480 e. The van der Waals surface area contributed by atoms with Gasteiger partial charge in [0, 0.05) is 0 Å². The van der Waals surface area contributed by atoms with E-state index < -0.39 is 18.0 Å². The number of aryl methyl sites for hydroxylation is 1. The number of carbonyl (C=O) groups excluding carboxylic acids is 1. The van der Waals surface area contributed by atoms with Gasteiger partial charge < -0.3 is 10.4 Å². The van der Waals surface area contributed by atoms with E-state index in [-0.39, 0.29) is 0 Å². The molecule has 20 heavy (non-hydrogen) atoms. The third-order valence-corrected chi connectivity index (χ3v) is 3.71.